The summed E-state index contributed by atoms with van der Waals surface area (Å²) >= 11 is 0. The van der Waals surface area contributed by atoms with Crippen LogP contribution < -0.4 is 10.6 Å². The minimum atomic E-state index is -0.517. The summed E-state index contributed by atoms with van der Waals surface area (Å²) in [6.45, 7) is 9.36. The highest BCUT2D eigenvalue weighted by Crippen LogP contribution is 2.30. The number of rotatable bonds is 3. The molecule has 2 aromatic heterocycles. The topological polar surface area (TPSA) is 112 Å². The lowest BCUT2D eigenvalue weighted by Gasteiger charge is -2.24. The van der Waals surface area contributed by atoms with Gasteiger partial charge in [-0.1, -0.05) is 12.1 Å². The quantitative estimate of drug-likeness (QED) is 0.548. The number of aryl methyl sites for hydroxylation is 1. The van der Waals surface area contributed by atoms with E-state index in [1.165, 1.54) is 0 Å². The SMILES string of the molecule is Cc1nc2cccc(-c3cc4c([nH]3)CCNC4=O)c2nc1NC1CCN(C(=O)OC(C)(C)C)C1. The van der Waals surface area contributed by atoms with Gasteiger partial charge in [0.2, 0.25) is 0 Å². The highest BCUT2D eigenvalue weighted by atomic mass is 16.6. The van der Waals surface area contributed by atoms with Crippen LogP contribution in [0.1, 0.15) is 48.9 Å². The van der Waals surface area contributed by atoms with Gasteiger partial charge in [-0.2, -0.15) is 0 Å². The molecule has 1 unspecified atom stereocenters. The van der Waals surface area contributed by atoms with E-state index in [1.54, 1.807) is 4.90 Å². The number of amides is 2. The Morgan fingerprint density at radius 3 is 2.82 bits per heavy atom. The van der Waals surface area contributed by atoms with Gasteiger partial charge in [-0.15, -0.1) is 0 Å². The van der Waals surface area contributed by atoms with E-state index in [4.69, 9.17) is 14.7 Å². The van der Waals surface area contributed by atoms with Crippen molar-refractivity contribution < 1.29 is 14.3 Å². The van der Waals surface area contributed by atoms with Gasteiger partial charge in [0.1, 0.15) is 16.9 Å². The van der Waals surface area contributed by atoms with Crippen LogP contribution in [-0.4, -0.2) is 63.1 Å². The Kier molecular flexibility index (Phi) is 5.42. The molecular weight excluding hydrogens is 432 g/mol. The number of aromatic amines is 1. The first-order chi connectivity index (χ1) is 16.2. The van der Waals surface area contributed by atoms with Gasteiger partial charge in [0.15, 0.2) is 0 Å². The lowest BCUT2D eigenvalue weighted by molar-refractivity contribution is 0.0293. The Morgan fingerprint density at radius 1 is 1.24 bits per heavy atom. The molecule has 1 fully saturated rings. The third-order valence-corrected chi connectivity index (χ3v) is 6.14. The molecule has 34 heavy (non-hydrogen) atoms. The number of para-hydroxylation sites is 1. The maximum atomic E-state index is 12.4. The van der Waals surface area contributed by atoms with Crippen molar-refractivity contribution in [3.63, 3.8) is 0 Å². The van der Waals surface area contributed by atoms with E-state index in [0.717, 1.165) is 46.5 Å². The fraction of sp³-hybridized carbons (Fsp3) is 0.440. The molecule has 1 atom stereocenters. The number of nitrogens with one attached hydrogen (secondary N) is 3. The van der Waals surface area contributed by atoms with Gasteiger partial charge in [-0.05, 0) is 46.2 Å². The highest BCUT2D eigenvalue weighted by Gasteiger charge is 2.30. The maximum absolute atomic E-state index is 12.4. The van der Waals surface area contributed by atoms with Crippen LogP contribution in [0.3, 0.4) is 0 Å². The summed E-state index contributed by atoms with van der Waals surface area (Å²) < 4.78 is 5.51. The largest absolute Gasteiger partial charge is 0.444 e. The Balaban J connectivity index is 1.41. The van der Waals surface area contributed by atoms with Crippen LogP contribution in [0.5, 0.6) is 0 Å². The summed E-state index contributed by atoms with van der Waals surface area (Å²) in [5, 5.41) is 6.37. The molecule has 0 saturated carbocycles. The first-order valence-electron chi connectivity index (χ1n) is 11.7. The number of fused-ring (bicyclic) bond motifs is 2. The number of benzene rings is 1. The molecule has 0 aliphatic carbocycles. The van der Waals surface area contributed by atoms with Crippen LogP contribution in [0.15, 0.2) is 24.3 Å². The molecular formula is C25H30N6O3. The summed E-state index contributed by atoms with van der Waals surface area (Å²) in [4.78, 5) is 39.5. The standard InChI is InChI=1S/C25H30N6O3/c1-14-22(28-15-9-11-31(13-15)24(33)34-25(2,3)4)30-21-16(6-5-7-19(21)27-14)20-12-17-18(29-20)8-10-26-23(17)32/h5-7,12,15,29H,8-11,13H2,1-4H3,(H,26,32)(H,28,30). The summed E-state index contributed by atoms with van der Waals surface area (Å²) in [6, 6.07) is 7.84. The Morgan fingerprint density at radius 2 is 2.06 bits per heavy atom. The molecule has 0 radical (unpaired) electrons. The predicted octanol–water partition coefficient (Wildman–Crippen LogP) is 3.64. The predicted molar refractivity (Wildman–Crippen MR) is 130 cm³/mol. The van der Waals surface area contributed by atoms with E-state index in [9.17, 15) is 9.59 Å². The average Bonchev–Trinajstić information content (AvgIpc) is 3.41. The second kappa shape index (κ2) is 8.30. The fourth-order valence-corrected chi connectivity index (χ4v) is 4.52. The van der Waals surface area contributed by atoms with Crippen LogP contribution in [-0.2, 0) is 11.2 Å². The first-order valence-corrected chi connectivity index (χ1v) is 11.7. The molecule has 2 aliphatic rings. The third-order valence-electron chi connectivity index (χ3n) is 6.14. The van der Waals surface area contributed by atoms with Crippen molar-refractivity contribution in [2.24, 2.45) is 0 Å². The Bertz CT molecular complexity index is 1280. The van der Waals surface area contributed by atoms with E-state index >= 15 is 0 Å². The zero-order valence-electron chi connectivity index (χ0n) is 20.0. The molecule has 0 bridgehead atoms. The normalized spacial score (nSPS) is 18.1. The summed E-state index contributed by atoms with van der Waals surface area (Å²) in [5.74, 6) is 0.647. The highest BCUT2D eigenvalue weighted by molar-refractivity contribution is 5.99. The van der Waals surface area contributed by atoms with Crippen LogP contribution >= 0.6 is 0 Å². The number of ether oxygens (including phenoxy) is 1. The van der Waals surface area contributed by atoms with Gasteiger partial charge < -0.3 is 25.3 Å². The molecule has 178 valence electrons. The van der Waals surface area contributed by atoms with Crippen LogP contribution in [0.4, 0.5) is 10.6 Å². The van der Waals surface area contributed by atoms with E-state index in [1.807, 2.05) is 52.0 Å². The lowest BCUT2D eigenvalue weighted by Crippen LogP contribution is -2.36. The summed E-state index contributed by atoms with van der Waals surface area (Å²) in [5.41, 5.74) is 5.22. The molecule has 2 amide bonds. The van der Waals surface area contributed by atoms with E-state index in [2.05, 4.69) is 15.6 Å². The van der Waals surface area contributed by atoms with Gasteiger partial charge in [0.25, 0.3) is 5.91 Å². The number of likely N-dealkylation sites (tertiary alicyclic amines) is 1. The summed E-state index contributed by atoms with van der Waals surface area (Å²) in [6.07, 6.45) is 1.29. The van der Waals surface area contributed by atoms with Gasteiger partial charge in [-0.3, -0.25) is 4.79 Å². The van der Waals surface area contributed by atoms with Crippen molar-refractivity contribution in [1.29, 1.82) is 0 Å². The van der Waals surface area contributed by atoms with Crippen molar-refractivity contribution in [3.8, 4) is 11.3 Å². The van der Waals surface area contributed by atoms with Crippen molar-refractivity contribution in [3.05, 3.63) is 41.2 Å². The number of H-pyrrole nitrogens is 1. The molecule has 3 N–H and O–H groups in total. The number of hydrogen-bond acceptors (Lipinski definition) is 6. The first kappa shape index (κ1) is 22.2. The third kappa shape index (κ3) is 4.30. The number of carbonyl (C=O) groups excluding carboxylic acids is 2. The molecule has 2 aliphatic heterocycles. The zero-order valence-corrected chi connectivity index (χ0v) is 20.0. The van der Waals surface area contributed by atoms with Gasteiger partial charge >= 0.3 is 6.09 Å². The number of carbonyl (C=O) groups is 2. The van der Waals surface area contributed by atoms with Crippen molar-refractivity contribution in [2.75, 3.05) is 25.0 Å². The minimum Gasteiger partial charge on any atom is -0.444 e. The summed E-state index contributed by atoms with van der Waals surface area (Å²) in [7, 11) is 0. The van der Waals surface area contributed by atoms with Gasteiger partial charge in [0, 0.05) is 49.0 Å². The number of anilines is 1. The smallest absolute Gasteiger partial charge is 0.410 e. The Labute approximate surface area is 198 Å². The average molecular weight is 463 g/mol. The van der Waals surface area contributed by atoms with Crippen molar-refractivity contribution >= 4 is 28.9 Å². The lowest BCUT2D eigenvalue weighted by atomic mass is 10.1. The van der Waals surface area contributed by atoms with Crippen LogP contribution in [0.2, 0.25) is 0 Å². The van der Waals surface area contributed by atoms with E-state index < -0.39 is 5.60 Å². The number of nitrogens with zero attached hydrogens (tertiary/aromatic N) is 3. The molecule has 1 aromatic carbocycles. The van der Waals surface area contributed by atoms with E-state index in [-0.39, 0.29) is 18.0 Å². The van der Waals surface area contributed by atoms with Gasteiger partial charge in [-0.25, -0.2) is 14.8 Å². The zero-order chi connectivity index (χ0) is 24.0. The monoisotopic (exact) mass is 462 g/mol. The molecule has 9 heteroatoms. The van der Waals surface area contributed by atoms with Gasteiger partial charge in [0.05, 0.1) is 16.8 Å². The van der Waals surface area contributed by atoms with Crippen molar-refractivity contribution in [2.45, 2.75) is 52.2 Å². The maximum Gasteiger partial charge on any atom is 0.410 e. The Hall–Kier alpha value is -3.62. The molecule has 1 saturated heterocycles. The fourth-order valence-electron chi connectivity index (χ4n) is 4.52. The van der Waals surface area contributed by atoms with E-state index in [0.29, 0.717) is 31.0 Å². The number of aromatic nitrogens is 3. The van der Waals surface area contributed by atoms with Crippen LogP contribution in [0, 0.1) is 6.92 Å². The molecule has 9 nitrogen and oxygen atoms in total. The second-order valence-corrected chi connectivity index (χ2v) is 9.97. The van der Waals surface area contributed by atoms with Crippen LogP contribution in [0.25, 0.3) is 22.3 Å². The van der Waals surface area contributed by atoms with Crippen molar-refractivity contribution in [1.82, 2.24) is 25.2 Å². The molecule has 3 aromatic rings. The second-order valence-electron chi connectivity index (χ2n) is 9.97. The number of hydrogen-bond donors (Lipinski definition) is 3. The minimum absolute atomic E-state index is 0.0518. The molecule has 0 spiro atoms. The molecule has 5 rings (SSSR count). The molecule has 4 heterocycles.